The molecule has 0 radical (unpaired) electrons. The first-order valence-corrected chi connectivity index (χ1v) is 9.79. The molecular weight excluding hydrogens is 352 g/mol. The van der Waals surface area contributed by atoms with E-state index in [4.69, 9.17) is 16.3 Å². The number of aliphatic hydroxyl groups excluding tert-OH is 1. The van der Waals surface area contributed by atoms with E-state index in [2.05, 4.69) is 18.7 Å². The molecule has 2 aliphatic heterocycles. The minimum absolute atomic E-state index is 0.0386. The zero-order chi connectivity index (χ0) is 18.8. The summed E-state index contributed by atoms with van der Waals surface area (Å²) in [7, 11) is 0. The first kappa shape index (κ1) is 19.6. The van der Waals surface area contributed by atoms with Crippen LogP contribution >= 0.6 is 11.6 Å². The summed E-state index contributed by atoms with van der Waals surface area (Å²) in [5.74, 6) is 0.337. The summed E-state index contributed by atoms with van der Waals surface area (Å²) in [6, 6.07) is 5.55. The summed E-state index contributed by atoms with van der Waals surface area (Å²) in [6.07, 6.45) is 0.438. The summed E-state index contributed by atoms with van der Waals surface area (Å²) in [5.41, 5.74) is 1.46. The van der Waals surface area contributed by atoms with E-state index in [1.807, 2.05) is 24.0 Å². The molecule has 1 aromatic carbocycles. The minimum Gasteiger partial charge on any atom is -0.396 e. The van der Waals surface area contributed by atoms with E-state index in [9.17, 15) is 9.90 Å². The number of carbonyl (C=O) groups is 1. The Morgan fingerprint density at radius 3 is 2.50 bits per heavy atom. The standard InChI is InChI=1S/C20H29ClN2O3/c1-13-5-4-6-18(19(13)21)20(25)23-10-16(17(11-23)12-24)9-22-7-14(2)26-15(3)8-22/h4-6,14-17,24H,7-12H2,1-3H3/t14-,15+,16-,17-/m1/s1. The van der Waals surface area contributed by atoms with Gasteiger partial charge in [-0.3, -0.25) is 9.69 Å². The van der Waals surface area contributed by atoms with E-state index in [0.29, 0.717) is 23.7 Å². The van der Waals surface area contributed by atoms with Crippen molar-refractivity contribution in [3.8, 4) is 0 Å². The van der Waals surface area contributed by atoms with Crippen LogP contribution < -0.4 is 0 Å². The SMILES string of the molecule is Cc1cccc(C(=O)N2C[C@@H](CN3C[C@@H](C)O[C@@H](C)C3)[C@@H](CO)C2)c1Cl. The van der Waals surface area contributed by atoms with E-state index in [1.54, 1.807) is 6.07 Å². The molecule has 6 heteroatoms. The van der Waals surface area contributed by atoms with Crippen LogP contribution in [0.4, 0.5) is 0 Å². The smallest absolute Gasteiger partial charge is 0.255 e. The molecule has 2 fully saturated rings. The molecule has 0 aliphatic carbocycles. The van der Waals surface area contributed by atoms with Crippen molar-refractivity contribution in [2.75, 3.05) is 39.3 Å². The fourth-order valence-corrected chi connectivity index (χ4v) is 4.47. The van der Waals surface area contributed by atoms with Crippen LogP contribution in [0, 0.1) is 18.8 Å². The quantitative estimate of drug-likeness (QED) is 0.871. The van der Waals surface area contributed by atoms with Crippen molar-refractivity contribution in [3.63, 3.8) is 0 Å². The highest BCUT2D eigenvalue weighted by molar-refractivity contribution is 6.34. The number of ether oxygens (including phenoxy) is 1. The normalized spacial score (nSPS) is 30.0. The maximum atomic E-state index is 12.9. The number of rotatable bonds is 4. The van der Waals surface area contributed by atoms with Crippen molar-refractivity contribution >= 4 is 17.5 Å². The predicted octanol–water partition coefficient (Wildman–Crippen LogP) is 2.44. The highest BCUT2D eigenvalue weighted by Crippen LogP contribution is 2.29. The molecule has 0 unspecified atom stereocenters. The van der Waals surface area contributed by atoms with Gasteiger partial charge in [-0.1, -0.05) is 23.7 Å². The Kier molecular flexibility index (Phi) is 6.23. The summed E-state index contributed by atoms with van der Waals surface area (Å²) < 4.78 is 5.81. The van der Waals surface area contributed by atoms with Crippen molar-refractivity contribution in [2.45, 2.75) is 33.0 Å². The number of aryl methyl sites for hydroxylation is 1. The molecule has 26 heavy (non-hydrogen) atoms. The monoisotopic (exact) mass is 380 g/mol. The third-order valence-electron chi connectivity index (χ3n) is 5.51. The Bertz CT molecular complexity index is 644. The van der Waals surface area contributed by atoms with Gasteiger partial charge < -0.3 is 14.7 Å². The van der Waals surface area contributed by atoms with E-state index in [1.165, 1.54) is 0 Å². The summed E-state index contributed by atoms with van der Waals surface area (Å²) in [4.78, 5) is 17.2. The molecule has 144 valence electrons. The molecule has 0 aromatic heterocycles. The lowest BCUT2D eigenvalue weighted by atomic mass is 9.96. The van der Waals surface area contributed by atoms with Gasteiger partial charge in [0.05, 0.1) is 22.8 Å². The van der Waals surface area contributed by atoms with Gasteiger partial charge in [-0.15, -0.1) is 0 Å². The van der Waals surface area contributed by atoms with Gasteiger partial charge >= 0.3 is 0 Å². The number of hydrogen-bond acceptors (Lipinski definition) is 4. The Morgan fingerprint density at radius 2 is 1.85 bits per heavy atom. The van der Waals surface area contributed by atoms with Gasteiger partial charge in [0, 0.05) is 45.2 Å². The predicted molar refractivity (Wildman–Crippen MR) is 103 cm³/mol. The second-order valence-electron chi connectivity index (χ2n) is 7.83. The molecule has 4 atom stereocenters. The number of halogens is 1. The van der Waals surface area contributed by atoms with Crippen LogP contribution in [0.25, 0.3) is 0 Å². The van der Waals surface area contributed by atoms with Crippen LogP contribution in [0.5, 0.6) is 0 Å². The van der Waals surface area contributed by atoms with Gasteiger partial charge in [-0.25, -0.2) is 0 Å². The second-order valence-corrected chi connectivity index (χ2v) is 8.20. The van der Waals surface area contributed by atoms with E-state index < -0.39 is 0 Å². The fourth-order valence-electron chi connectivity index (χ4n) is 4.27. The second kappa shape index (κ2) is 8.26. The van der Waals surface area contributed by atoms with Crippen molar-refractivity contribution in [1.82, 2.24) is 9.80 Å². The number of amides is 1. The number of benzene rings is 1. The molecule has 1 N–H and O–H groups in total. The Morgan fingerprint density at radius 1 is 1.19 bits per heavy atom. The zero-order valence-corrected chi connectivity index (χ0v) is 16.6. The van der Waals surface area contributed by atoms with Crippen LogP contribution in [-0.2, 0) is 4.74 Å². The number of nitrogens with zero attached hydrogens (tertiary/aromatic N) is 2. The van der Waals surface area contributed by atoms with Crippen molar-refractivity contribution < 1.29 is 14.6 Å². The topological polar surface area (TPSA) is 53.0 Å². The molecule has 1 amide bonds. The van der Waals surface area contributed by atoms with Gasteiger partial charge in [-0.2, -0.15) is 0 Å². The number of aliphatic hydroxyl groups is 1. The van der Waals surface area contributed by atoms with Crippen LogP contribution in [0.2, 0.25) is 5.02 Å². The van der Waals surface area contributed by atoms with Crippen molar-refractivity contribution in [2.24, 2.45) is 11.8 Å². The third kappa shape index (κ3) is 4.22. The lowest BCUT2D eigenvalue weighted by molar-refractivity contribution is -0.0726. The van der Waals surface area contributed by atoms with Crippen LogP contribution in [0.1, 0.15) is 29.8 Å². The largest absolute Gasteiger partial charge is 0.396 e. The maximum absolute atomic E-state index is 12.9. The van der Waals surface area contributed by atoms with Gasteiger partial charge in [-0.05, 0) is 38.3 Å². The van der Waals surface area contributed by atoms with E-state index in [-0.39, 0.29) is 36.6 Å². The van der Waals surface area contributed by atoms with Crippen molar-refractivity contribution in [1.29, 1.82) is 0 Å². The molecule has 1 aromatic rings. The first-order valence-electron chi connectivity index (χ1n) is 9.42. The Hall–Kier alpha value is -1.14. The highest BCUT2D eigenvalue weighted by atomic mass is 35.5. The molecule has 0 spiro atoms. The van der Waals surface area contributed by atoms with E-state index >= 15 is 0 Å². The minimum atomic E-state index is -0.0386. The van der Waals surface area contributed by atoms with Crippen LogP contribution in [0.15, 0.2) is 18.2 Å². The summed E-state index contributed by atoms with van der Waals surface area (Å²) in [6.45, 7) is 10.1. The Balaban J connectivity index is 1.68. The van der Waals surface area contributed by atoms with Gasteiger partial charge in [0.25, 0.3) is 5.91 Å². The van der Waals surface area contributed by atoms with Crippen molar-refractivity contribution in [3.05, 3.63) is 34.3 Å². The van der Waals surface area contributed by atoms with Crippen LogP contribution in [-0.4, -0.2) is 72.4 Å². The number of likely N-dealkylation sites (tertiary alicyclic amines) is 1. The zero-order valence-electron chi connectivity index (χ0n) is 15.8. The molecule has 2 heterocycles. The van der Waals surface area contributed by atoms with Gasteiger partial charge in [0.15, 0.2) is 0 Å². The number of hydrogen-bond donors (Lipinski definition) is 1. The number of carbonyl (C=O) groups excluding carboxylic acids is 1. The lowest BCUT2D eigenvalue weighted by Gasteiger charge is -2.37. The average molecular weight is 381 g/mol. The highest BCUT2D eigenvalue weighted by Gasteiger charge is 2.37. The van der Waals surface area contributed by atoms with Crippen LogP contribution in [0.3, 0.4) is 0 Å². The fraction of sp³-hybridized carbons (Fsp3) is 0.650. The van der Waals surface area contributed by atoms with Gasteiger partial charge in [0.2, 0.25) is 0 Å². The van der Waals surface area contributed by atoms with E-state index in [0.717, 1.165) is 25.2 Å². The Labute approximate surface area is 160 Å². The molecule has 2 aliphatic rings. The first-order chi connectivity index (χ1) is 12.4. The lowest BCUT2D eigenvalue weighted by Crippen LogP contribution is -2.48. The number of morpholine rings is 1. The molecular formula is C20H29ClN2O3. The molecule has 5 nitrogen and oxygen atoms in total. The molecule has 2 saturated heterocycles. The summed E-state index contributed by atoms with van der Waals surface area (Å²) in [5, 5.41) is 10.4. The molecule has 0 bridgehead atoms. The third-order valence-corrected chi connectivity index (χ3v) is 6.01. The molecule has 3 rings (SSSR count). The summed E-state index contributed by atoms with van der Waals surface area (Å²) >= 11 is 6.34. The maximum Gasteiger partial charge on any atom is 0.255 e. The molecule has 0 saturated carbocycles. The average Bonchev–Trinajstić information content (AvgIpc) is 2.98. The van der Waals surface area contributed by atoms with Gasteiger partial charge in [0.1, 0.15) is 0 Å².